The SMILES string of the molecule is CCN(C(=O)NC(=O)CCC(=O)O)C1CC1. The Morgan fingerprint density at radius 1 is 1.31 bits per heavy atom. The molecule has 16 heavy (non-hydrogen) atoms. The van der Waals surface area contributed by atoms with Crippen LogP contribution in [0.2, 0.25) is 0 Å². The number of hydrogen-bond acceptors (Lipinski definition) is 3. The zero-order chi connectivity index (χ0) is 12.1. The summed E-state index contributed by atoms with van der Waals surface area (Å²) in [5, 5.41) is 10.6. The Balaban J connectivity index is 2.31. The quantitative estimate of drug-likeness (QED) is 0.720. The number of carboxylic acids is 1. The van der Waals surface area contributed by atoms with Crippen molar-refractivity contribution in [2.75, 3.05) is 6.54 Å². The molecule has 0 aromatic rings. The molecule has 1 fully saturated rings. The highest BCUT2D eigenvalue weighted by molar-refractivity contribution is 5.95. The number of amides is 3. The highest BCUT2D eigenvalue weighted by Gasteiger charge is 2.31. The van der Waals surface area contributed by atoms with Crippen LogP contribution in [0.1, 0.15) is 32.6 Å². The zero-order valence-electron chi connectivity index (χ0n) is 9.23. The summed E-state index contributed by atoms with van der Waals surface area (Å²) in [6.45, 7) is 2.41. The first-order valence-electron chi connectivity index (χ1n) is 5.36. The Hall–Kier alpha value is -1.59. The zero-order valence-corrected chi connectivity index (χ0v) is 9.23. The summed E-state index contributed by atoms with van der Waals surface area (Å²) < 4.78 is 0. The van der Waals surface area contributed by atoms with Crippen LogP contribution < -0.4 is 5.32 Å². The van der Waals surface area contributed by atoms with Crippen LogP contribution in [0.25, 0.3) is 0 Å². The number of urea groups is 1. The largest absolute Gasteiger partial charge is 0.481 e. The fourth-order valence-electron chi connectivity index (χ4n) is 1.43. The van der Waals surface area contributed by atoms with Crippen molar-refractivity contribution in [3.05, 3.63) is 0 Å². The minimum absolute atomic E-state index is 0.163. The second-order valence-corrected chi connectivity index (χ2v) is 3.76. The van der Waals surface area contributed by atoms with E-state index >= 15 is 0 Å². The van der Waals surface area contributed by atoms with E-state index in [1.54, 1.807) is 4.90 Å². The van der Waals surface area contributed by atoms with Crippen molar-refractivity contribution >= 4 is 17.9 Å². The van der Waals surface area contributed by atoms with Crippen LogP contribution in [0.15, 0.2) is 0 Å². The molecule has 0 atom stereocenters. The molecular weight excluding hydrogens is 212 g/mol. The Morgan fingerprint density at radius 3 is 2.38 bits per heavy atom. The number of rotatable bonds is 5. The first-order chi connectivity index (χ1) is 7.54. The molecule has 1 aliphatic rings. The molecule has 0 unspecified atom stereocenters. The Bertz CT molecular complexity index is 299. The molecule has 0 saturated heterocycles. The van der Waals surface area contributed by atoms with Gasteiger partial charge in [-0.3, -0.25) is 14.9 Å². The molecule has 0 aromatic heterocycles. The van der Waals surface area contributed by atoms with Crippen molar-refractivity contribution in [3.63, 3.8) is 0 Å². The number of carbonyl (C=O) groups excluding carboxylic acids is 2. The normalized spacial score (nSPS) is 14.3. The fraction of sp³-hybridized carbons (Fsp3) is 0.700. The molecule has 0 heterocycles. The third-order valence-corrected chi connectivity index (χ3v) is 2.40. The lowest BCUT2D eigenvalue weighted by atomic mass is 10.3. The van der Waals surface area contributed by atoms with Gasteiger partial charge in [-0.05, 0) is 19.8 Å². The molecule has 1 aliphatic carbocycles. The van der Waals surface area contributed by atoms with Gasteiger partial charge in [0, 0.05) is 19.0 Å². The van der Waals surface area contributed by atoms with Crippen molar-refractivity contribution in [1.82, 2.24) is 10.2 Å². The number of carboxylic acid groups (broad SMARTS) is 1. The van der Waals surface area contributed by atoms with Crippen molar-refractivity contribution in [1.29, 1.82) is 0 Å². The van der Waals surface area contributed by atoms with Gasteiger partial charge in [-0.15, -0.1) is 0 Å². The van der Waals surface area contributed by atoms with Gasteiger partial charge < -0.3 is 10.0 Å². The van der Waals surface area contributed by atoms with Crippen molar-refractivity contribution in [2.24, 2.45) is 0 Å². The Labute approximate surface area is 93.6 Å². The average Bonchev–Trinajstić information content (AvgIpc) is 3.00. The van der Waals surface area contributed by atoms with Gasteiger partial charge in [-0.25, -0.2) is 4.79 Å². The average molecular weight is 228 g/mol. The molecule has 0 aliphatic heterocycles. The summed E-state index contributed by atoms with van der Waals surface area (Å²) >= 11 is 0. The van der Waals surface area contributed by atoms with Gasteiger partial charge in [0.1, 0.15) is 0 Å². The number of aliphatic carboxylic acids is 1. The molecule has 0 spiro atoms. The van der Waals surface area contributed by atoms with E-state index in [0.29, 0.717) is 6.54 Å². The molecule has 0 bridgehead atoms. The van der Waals surface area contributed by atoms with Crippen LogP contribution in [0, 0.1) is 0 Å². The van der Waals surface area contributed by atoms with Crippen LogP contribution in [-0.4, -0.2) is 40.5 Å². The Kier molecular flexibility index (Phi) is 4.28. The molecule has 6 heteroatoms. The summed E-state index contributed by atoms with van der Waals surface area (Å²) in [6.07, 6.45) is 1.53. The highest BCUT2D eigenvalue weighted by atomic mass is 16.4. The summed E-state index contributed by atoms with van der Waals surface area (Å²) in [5.74, 6) is -1.58. The molecule has 0 aromatic carbocycles. The second kappa shape index (κ2) is 5.48. The minimum Gasteiger partial charge on any atom is -0.481 e. The maximum atomic E-state index is 11.6. The van der Waals surface area contributed by atoms with Crippen LogP contribution in [0.5, 0.6) is 0 Å². The number of imide groups is 1. The van der Waals surface area contributed by atoms with Crippen molar-refractivity contribution in [2.45, 2.75) is 38.6 Å². The number of hydrogen-bond donors (Lipinski definition) is 2. The van der Waals surface area contributed by atoms with Crippen molar-refractivity contribution in [3.8, 4) is 0 Å². The minimum atomic E-state index is -1.04. The number of nitrogens with one attached hydrogen (secondary N) is 1. The highest BCUT2D eigenvalue weighted by Crippen LogP contribution is 2.26. The van der Waals surface area contributed by atoms with Crippen LogP contribution in [-0.2, 0) is 9.59 Å². The standard InChI is InChI=1S/C10H16N2O4/c1-2-12(7-3-4-7)10(16)11-8(13)5-6-9(14)15/h7H,2-6H2,1H3,(H,14,15)(H,11,13,16). The molecule has 1 saturated carbocycles. The predicted octanol–water partition coefficient (Wildman–Crippen LogP) is 0.572. The van der Waals surface area contributed by atoms with Crippen LogP contribution in [0.3, 0.4) is 0 Å². The molecule has 3 amide bonds. The molecule has 1 rings (SSSR count). The van der Waals surface area contributed by atoms with Gasteiger partial charge in [0.15, 0.2) is 0 Å². The monoisotopic (exact) mass is 228 g/mol. The number of nitrogens with zero attached hydrogens (tertiary/aromatic N) is 1. The molecule has 6 nitrogen and oxygen atoms in total. The summed E-state index contributed by atoms with van der Waals surface area (Å²) in [7, 11) is 0. The van der Waals surface area contributed by atoms with Crippen molar-refractivity contribution < 1.29 is 19.5 Å². The lowest BCUT2D eigenvalue weighted by Crippen LogP contribution is -2.43. The summed E-state index contributed by atoms with van der Waals surface area (Å²) in [4.78, 5) is 34.6. The van der Waals surface area contributed by atoms with E-state index < -0.39 is 17.9 Å². The smallest absolute Gasteiger partial charge is 0.324 e. The van der Waals surface area contributed by atoms with Gasteiger partial charge in [-0.2, -0.15) is 0 Å². The topological polar surface area (TPSA) is 86.7 Å². The third kappa shape index (κ3) is 3.88. The fourth-order valence-corrected chi connectivity index (χ4v) is 1.43. The lowest BCUT2D eigenvalue weighted by Gasteiger charge is -2.19. The van der Waals surface area contributed by atoms with E-state index in [2.05, 4.69) is 5.32 Å². The lowest BCUT2D eigenvalue weighted by molar-refractivity contribution is -0.138. The third-order valence-electron chi connectivity index (χ3n) is 2.40. The van der Waals surface area contributed by atoms with Crippen LogP contribution >= 0.6 is 0 Å². The van der Waals surface area contributed by atoms with E-state index in [1.807, 2.05) is 6.92 Å². The summed E-state index contributed by atoms with van der Waals surface area (Å²) in [6, 6.07) is -0.169. The number of carbonyl (C=O) groups is 3. The maximum Gasteiger partial charge on any atom is 0.324 e. The van der Waals surface area contributed by atoms with E-state index in [9.17, 15) is 14.4 Å². The van der Waals surface area contributed by atoms with Gasteiger partial charge in [0.05, 0.1) is 6.42 Å². The van der Waals surface area contributed by atoms with Gasteiger partial charge in [0.25, 0.3) is 0 Å². The van der Waals surface area contributed by atoms with Gasteiger partial charge >= 0.3 is 12.0 Å². The second-order valence-electron chi connectivity index (χ2n) is 3.76. The molecule has 0 radical (unpaired) electrons. The molecular formula is C10H16N2O4. The maximum absolute atomic E-state index is 11.6. The van der Waals surface area contributed by atoms with E-state index in [1.165, 1.54) is 0 Å². The van der Waals surface area contributed by atoms with Crippen LogP contribution in [0.4, 0.5) is 4.79 Å². The van der Waals surface area contributed by atoms with Gasteiger partial charge in [-0.1, -0.05) is 0 Å². The predicted molar refractivity (Wildman–Crippen MR) is 55.8 cm³/mol. The van der Waals surface area contributed by atoms with E-state index in [-0.39, 0.29) is 18.9 Å². The summed E-state index contributed by atoms with van der Waals surface area (Å²) in [5.41, 5.74) is 0. The molecule has 2 N–H and O–H groups in total. The van der Waals surface area contributed by atoms with E-state index in [4.69, 9.17) is 5.11 Å². The first kappa shape index (κ1) is 12.5. The van der Waals surface area contributed by atoms with E-state index in [0.717, 1.165) is 12.8 Å². The Morgan fingerprint density at radius 2 is 1.94 bits per heavy atom. The molecule has 90 valence electrons. The van der Waals surface area contributed by atoms with Gasteiger partial charge in [0.2, 0.25) is 5.91 Å². The first-order valence-corrected chi connectivity index (χ1v) is 5.36.